The molecule has 8 heteroatoms. The second-order valence-electron chi connectivity index (χ2n) is 4.32. The minimum Gasteiger partial charge on any atom is -0.385 e. The van der Waals surface area contributed by atoms with Crippen LogP contribution >= 0.6 is 0 Å². The van der Waals surface area contributed by atoms with E-state index in [2.05, 4.69) is 20.6 Å². The van der Waals surface area contributed by atoms with Crippen LogP contribution in [0.5, 0.6) is 0 Å². The van der Waals surface area contributed by atoms with Gasteiger partial charge in [0.1, 0.15) is 5.82 Å². The van der Waals surface area contributed by atoms with Crippen molar-refractivity contribution in [3.63, 3.8) is 0 Å². The van der Waals surface area contributed by atoms with Gasteiger partial charge in [0.25, 0.3) is 0 Å². The molecule has 0 spiro atoms. The van der Waals surface area contributed by atoms with Crippen LogP contribution in [-0.4, -0.2) is 36.3 Å². The highest BCUT2D eigenvalue weighted by Crippen LogP contribution is 2.29. The minimum absolute atomic E-state index is 0.0382. The lowest BCUT2D eigenvalue weighted by molar-refractivity contribution is -0.141. The number of aromatic nitrogens is 2. The first-order valence-corrected chi connectivity index (χ1v) is 6.32. The largest absolute Gasteiger partial charge is 0.433 e. The van der Waals surface area contributed by atoms with Gasteiger partial charge in [-0.05, 0) is 20.3 Å². The van der Waals surface area contributed by atoms with Crippen LogP contribution in [0.25, 0.3) is 0 Å². The Labute approximate surface area is 116 Å². The lowest BCUT2D eigenvalue weighted by Gasteiger charge is -2.16. The molecule has 0 fully saturated rings. The second-order valence-corrected chi connectivity index (χ2v) is 4.32. The first kappa shape index (κ1) is 16.5. The Bertz CT molecular complexity index is 426. The van der Waals surface area contributed by atoms with Crippen LogP contribution in [-0.2, 0) is 10.9 Å². The predicted molar refractivity (Wildman–Crippen MR) is 70.8 cm³/mol. The van der Waals surface area contributed by atoms with Crippen LogP contribution in [0.4, 0.5) is 24.9 Å². The fraction of sp³-hybridized carbons (Fsp3) is 0.667. The molecule has 1 atom stereocenters. The van der Waals surface area contributed by atoms with E-state index in [1.165, 1.54) is 0 Å². The fourth-order valence-electron chi connectivity index (χ4n) is 1.52. The van der Waals surface area contributed by atoms with Crippen molar-refractivity contribution in [2.45, 2.75) is 32.5 Å². The molecule has 0 aliphatic heterocycles. The summed E-state index contributed by atoms with van der Waals surface area (Å²) in [6.07, 6.45) is -3.84. The Kier molecular flexibility index (Phi) is 6.00. The summed E-state index contributed by atoms with van der Waals surface area (Å²) in [4.78, 5) is 7.46. The Hall–Kier alpha value is -1.57. The molecule has 0 saturated heterocycles. The predicted octanol–water partition coefficient (Wildman–Crippen LogP) is 2.76. The lowest BCUT2D eigenvalue weighted by atomic mass is 10.2. The number of ether oxygens (including phenoxy) is 1. The summed E-state index contributed by atoms with van der Waals surface area (Å²) >= 11 is 0. The lowest BCUT2D eigenvalue weighted by Crippen LogP contribution is -2.20. The number of halogens is 3. The zero-order chi connectivity index (χ0) is 15.2. The fourth-order valence-corrected chi connectivity index (χ4v) is 1.52. The van der Waals surface area contributed by atoms with Gasteiger partial charge in [-0.15, -0.1) is 0 Å². The van der Waals surface area contributed by atoms with Crippen molar-refractivity contribution >= 4 is 11.8 Å². The molecule has 0 radical (unpaired) electrons. The first-order chi connectivity index (χ1) is 9.36. The van der Waals surface area contributed by atoms with Gasteiger partial charge in [0.05, 0.1) is 0 Å². The Morgan fingerprint density at radius 1 is 1.35 bits per heavy atom. The molecule has 0 aliphatic carbocycles. The summed E-state index contributed by atoms with van der Waals surface area (Å²) in [6, 6.07) is 0.852. The topological polar surface area (TPSA) is 59.1 Å². The van der Waals surface area contributed by atoms with Crippen molar-refractivity contribution in [3.8, 4) is 0 Å². The van der Waals surface area contributed by atoms with Gasteiger partial charge < -0.3 is 15.4 Å². The van der Waals surface area contributed by atoms with E-state index < -0.39 is 11.9 Å². The zero-order valence-corrected chi connectivity index (χ0v) is 11.7. The molecule has 5 nitrogen and oxygen atoms in total. The highest BCUT2D eigenvalue weighted by Gasteiger charge is 2.33. The number of hydrogen-bond donors (Lipinski definition) is 2. The van der Waals surface area contributed by atoms with Crippen LogP contribution in [0.2, 0.25) is 0 Å². The number of nitrogens with one attached hydrogen (secondary N) is 2. The molecule has 20 heavy (non-hydrogen) atoms. The third kappa shape index (κ3) is 5.20. The second kappa shape index (κ2) is 7.28. The molecule has 0 aromatic carbocycles. The molecule has 0 aliphatic rings. The summed E-state index contributed by atoms with van der Waals surface area (Å²) in [5.41, 5.74) is -0.968. The van der Waals surface area contributed by atoms with Crippen molar-refractivity contribution in [2.75, 3.05) is 30.9 Å². The van der Waals surface area contributed by atoms with E-state index in [-0.39, 0.29) is 17.8 Å². The zero-order valence-electron chi connectivity index (χ0n) is 11.7. The number of hydrogen-bond acceptors (Lipinski definition) is 5. The Morgan fingerprint density at radius 3 is 2.60 bits per heavy atom. The van der Waals surface area contributed by atoms with Gasteiger partial charge in [0.15, 0.2) is 5.69 Å². The number of methoxy groups -OCH3 is 1. The smallest absolute Gasteiger partial charge is 0.385 e. The molecule has 2 N–H and O–H groups in total. The highest BCUT2D eigenvalue weighted by atomic mass is 19.4. The van der Waals surface area contributed by atoms with Gasteiger partial charge in [-0.3, -0.25) is 0 Å². The average molecular weight is 292 g/mol. The van der Waals surface area contributed by atoms with E-state index in [1.54, 1.807) is 14.0 Å². The van der Waals surface area contributed by atoms with Gasteiger partial charge in [0.2, 0.25) is 5.95 Å². The summed E-state index contributed by atoms with van der Waals surface area (Å²) in [7, 11) is 1.57. The average Bonchev–Trinajstić information content (AvgIpc) is 2.35. The van der Waals surface area contributed by atoms with Crippen molar-refractivity contribution in [3.05, 3.63) is 11.8 Å². The Morgan fingerprint density at radius 2 is 2.05 bits per heavy atom. The summed E-state index contributed by atoms with van der Waals surface area (Å²) in [6.45, 7) is 4.57. The van der Waals surface area contributed by atoms with Gasteiger partial charge in [-0.25, -0.2) is 4.98 Å². The van der Waals surface area contributed by atoms with Crippen LogP contribution in [0.3, 0.4) is 0 Å². The molecule has 1 heterocycles. The quantitative estimate of drug-likeness (QED) is 0.809. The molecule has 114 valence electrons. The van der Waals surface area contributed by atoms with Crippen molar-refractivity contribution < 1.29 is 17.9 Å². The van der Waals surface area contributed by atoms with Crippen LogP contribution in [0, 0.1) is 0 Å². The Balaban J connectivity index is 2.91. The maximum absolute atomic E-state index is 12.8. The number of rotatable bonds is 7. The van der Waals surface area contributed by atoms with Gasteiger partial charge in [-0.2, -0.15) is 18.2 Å². The van der Waals surface area contributed by atoms with Crippen LogP contribution < -0.4 is 10.6 Å². The summed E-state index contributed by atoms with van der Waals surface area (Å²) in [5.74, 6) is 0.107. The molecule has 0 bridgehead atoms. The maximum atomic E-state index is 12.8. The van der Waals surface area contributed by atoms with Gasteiger partial charge in [-0.1, -0.05) is 0 Å². The minimum atomic E-state index is -4.50. The van der Waals surface area contributed by atoms with E-state index in [0.717, 1.165) is 6.07 Å². The molecule has 1 aromatic rings. The normalized spacial score (nSPS) is 13.1. The van der Waals surface area contributed by atoms with E-state index in [9.17, 15) is 13.2 Å². The number of nitrogens with zero attached hydrogens (tertiary/aromatic N) is 2. The third-order valence-electron chi connectivity index (χ3n) is 2.50. The van der Waals surface area contributed by atoms with Crippen molar-refractivity contribution in [1.82, 2.24) is 9.97 Å². The SMILES string of the molecule is CCNc1nc(NC(C)CCOC)cc(C(F)(F)F)n1. The molecule has 0 saturated carbocycles. The molecular weight excluding hydrogens is 273 g/mol. The van der Waals surface area contributed by atoms with E-state index in [0.29, 0.717) is 19.6 Å². The standard InChI is InChI=1S/C12H19F3N4O/c1-4-16-11-18-9(12(13,14)15)7-10(19-11)17-8(2)5-6-20-3/h7-8H,4-6H2,1-3H3,(H2,16,17,18,19). The van der Waals surface area contributed by atoms with Crippen molar-refractivity contribution in [2.24, 2.45) is 0 Å². The van der Waals surface area contributed by atoms with E-state index in [4.69, 9.17) is 4.74 Å². The third-order valence-corrected chi connectivity index (χ3v) is 2.50. The van der Waals surface area contributed by atoms with Gasteiger partial charge in [0, 0.05) is 32.4 Å². The molecule has 1 unspecified atom stereocenters. The number of anilines is 2. The first-order valence-electron chi connectivity index (χ1n) is 6.32. The molecular formula is C12H19F3N4O. The monoisotopic (exact) mass is 292 g/mol. The van der Waals surface area contributed by atoms with E-state index >= 15 is 0 Å². The highest BCUT2D eigenvalue weighted by molar-refractivity contribution is 5.43. The molecule has 1 rings (SSSR count). The van der Waals surface area contributed by atoms with Crippen LogP contribution in [0.15, 0.2) is 6.07 Å². The molecule has 0 amide bonds. The molecule has 1 aromatic heterocycles. The maximum Gasteiger partial charge on any atom is 0.433 e. The van der Waals surface area contributed by atoms with Crippen LogP contribution in [0.1, 0.15) is 26.0 Å². The van der Waals surface area contributed by atoms with Gasteiger partial charge >= 0.3 is 6.18 Å². The number of alkyl halides is 3. The summed E-state index contributed by atoms with van der Waals surface area (Å²) in [5, 5.41) is 5.61. The summed E-state index contributed by atoms with van der Waals surface area (Å²) < 4.78 is 43.2. The van der Waals surface area contributed by atoms with E-state index in [1.807, 2.05) is 6.92 Å². The van der Waals surface area contributed by atoms with Crippen molar-refractivity contribution in [1.29, 1.82) is 0 Å².